The summed E-state index contributed by atoms with van der Waals surface area (Å²) in [4.78, 5) is 2.77. The van der Waals surface area contributed by atoms with Crippen LogP contribution in [0.25, 0.3) is 6.08 Å². The second-order valence-electron chi connectivity index (χ2n) is 6.29. The summed E-state index contributed by atoms with van der Waals surface area (Å²) in [5.74, 6) is 0.361. The first-order valence-electron chi connectivity index (χ1n) is 8.67. The molecular weight excluding hydrogens is 501 g/mol. The molecule has 1 aromatic carbocycles. The van der Waals surface area contributed by atoms with Crippen molar-refractivity contribution in [2.24, 2.45) is 0 Å². The van der Waals surface area contributed by atoms with Crippen molar-refractivity contribution < 1.29 is 51.0 Å². The van der Waals surface area contributed by atoms with Crippen LogP contribution >= 0.6 is 19.5 Å². The molecule has 5 heteroatoms. The summed E-state index contributed by atoms with van der Waals surface area (Å²) >= 11 is 1.87. The molecule has 0 nitrogen and oxygen atoms in total. The zero-order valence-corrected chi connectivity index (χ0v) is 21.4. The molecule has 1 aromatic heterocycles. The molecule has 28 heavy (non-hydrogen) atoms. The average molecular weight is 522 g/mol. The fourth-order valence-electron chi connectivity index (χ4n) is 3.21. The summed E-state index contributed by atoms with van der Waals surface area (Å²) in [5, 5.41) is 3.03. The third-order valence-corrected chi connectivity index (χ3v) is 6.98. The maximum absolute atomic E-state index is 3.44. The molecule has 1 radical (unpaired) electrons. The van der Waals surface area contributed by atoms with Gasteiger partial charge in [-0.15, -0.1) is 23.0 Å². The zero-order valence-electron chi connectivity index (χ0n) is 15.7. The fourth-order valence-corrected chi connectivity index (χ4v) is 5.26. The molecule has 0 saturated carbocycles. The van der Waals surface area contributed by atoms with E-state index in [-0.39, 0.29) is 51.0 Å². The Hall–Kier alpha value is -0.487. The number of rotatable bonds is 2. The third kappa shape index (κ3) is 5.56. The number of allylic oxidation sites excluding steroid dienone is 7. The Bertz CT molecular complexity index is 966. The standard InChI is InChI=1S/C14H11S.C9H9P.2ClH.Zr/c1-10-6-9-14(15-10)13-8-7-11-4-2-3-5-12(11)13;1-2-8-6-7-4-3-5-9(7)10-8;;;/h2-7,9,13H,1H3;3-6H,2H2,1H3;2*1H;/q-1;;;;+3/p-2. The Morgan fingerprint density at radius 1 is 1.11 bits per heavy atom. The largest absolute Gasteiger partial charge is 3.00 e. The van der Waals surface area contributed by atoms with E-state index in [0.717, 1.165) is 0 Å². The predicted molar refractivity (Wildman–Crippen MR) is 113 cm³/mol. The van der Waals surface area contributed by atoms with Gasteiger partial charge >= 0.3 is 26.2 Å². The van der Waals surface area contributed by atoms with E-state index in [0.29, 0.717) is 5.92 Å². The van der Waals surface area contributed by atoms with Gasteiger partial charge in [0.2, 0.25) is 0 Å². The molecule has 1 aliphatic heterocycles. The molecule has 5 rings (SSSR count). The SMILES string of the molecule is CCC1=PC2=CC=CC2=C1.Cc1ccc(C2[C-]=Cc3ccccc32)s1.[Cl-].[Cl-].[Zr+3]. The van der Waals surface area contributed by atoms with Crippen LogP contribution in [0.3, 0.4) is 0 Å². The van der Waals surface area contributed by atoms with Gasteiger partial charge in [-0.05, 0) is 53.4 Å². The molecule has 0 saturated heterocycles. The number of halogens is 2. The van der Waals surface area contributed by atoms with E-state index in [1.54, 1.807) is 5.29 Å². The third-order valence-electron chi connectivity index (χ3n) is 4.53. The number of aryl methyl sites for hydroxylation is 1. The van der Waals surface area contributed by atoms with Gasteiger partial charge in [-0.2, -0.15) is 5.56 Å². The van der Waals surface area contributed by atoms with E-state index in [1.807, 2.05) is 11.3 Å². The van der Waals surface area contributed by atoms with Gasteiger partial charge in [0.25, 0.3) is 0 Å². The molecular formula is C23H20Cl2PSZr. The molecule has 1 unspecified atom stereocenters. The molecule has 0 spiro atoms. The van der Waals surface area contributed by atoms with E-state index in [2.05, 4.69) is 86.7 Å². The summed E-state index contributed by atoms with van der Waals surface area (Å²) in [6, 6.07) is 12.9. The Morgan fingerprint density at radius 3 is 2.57 bits per heavy atom. The molecule has 2 aromatic rings. The van der Waals surface area contributed by atoms with Gasteiger partial charge < -0.3 is 24.8 Å². The maximum Gasteiger partial charge on any atom is 3.00 e. The molecule has 3 aliphatic rings. The van der Waals surface area contributed by atoms with Crippen LogP contribution in [0, 0.1) is 13.0 Å². The number of benzene rings is 1. The van der Waals surface area contributed by atoms with Crippen molar-refractivity contribution >= 4 is 30.9 Å². The second kappa shape index (κ2) is 11.6. The van der Waals surface area contributed by atoms with Crippen molar-refractivity contribution in [1.29, 1.82) is 0 Å². The summed E-state index contributed by atoms with van der Waals surface area (Å²) in [6.45, 7) is 4.36. The van der Waals surface area contributed by atoms with Crippen molar-refractivity contribution in [3.8, 4) is 0 Å². The predicted octanol–water partition coefficient (Wildman–Crippen LogP) is 0.933. The van der Waals surface area contributed by atoms with Crippen LogP contribution in [0.1, 0.15) is 40.1 Å². The Balaban J connectivity index is 0.000000269. The molecule has 0 N–H and O–H groups in total. The van der Waals surface area contributed by atoms with Gasteiger partial charge in [-0.1, -0.05) is 51.4 Å². The first-order valence-corrected chi connectivity index (χ1v) is 10.4. The van der Waals surface area contributed by atoms with Crippen LogP contribution in [0.4, 0.5) is 0 Å². The quantitative estimate of drug-likeness (QED) is 0.408. The van der Waals surface area contributed by atoms with E-state index in [9.17, 15) is 0 Å². The number of hydrogen-bond donors (Lipinski definition) is 0. The molecule has 0 amide bonds. The molecule has 2 heterocycles. The Kier molecular flexibility index (Phi) is 10.6. The molecule has 141 valence electrons. The van der Waals surface area contributed by atoms with Crippen molar-refractivity contribution in [3.63, 3.8) is 0 Å². The van der Waals surface area contributed by atoms with Gasteiger partial charge in [0.1, 0.15) is 0 Å². The van der Waals surface area contributed by atoms with Gasteiger partial charge in [-0.25, -0.2) is 6.08 Å². The van der Waals surface area contributed by atoms with E-state index in [1.165, 1.54) is 46.4 Å². The number of hydrogen-bond acceptors (Lipinski definition) is 1. The van der Waals surface area contributed by atoms with Crippen molar-refractivity contribution in [1.82, 2.24) is 0 Å². The van der Waals surface area contributed by atoms with Gasteiger partial charge in [0.05, 0.1) is 0 Å². The molecule has 0 bridgehead atoms. The Labute approximate surface area is 205 Å². The van der Waals surface area contributed by atoms with Crippen LogP contribution in [-0.4, -0.2) is 5.29 Å². The normalized spacial score (nSPS) is 17.5. The van der Waals surface area contributed by atoms with Crippen LogP contribution in [0.15, 0.2) is 71.6 Å². The smallest absolute Gasteiger partial charge is 1.00 e. The first kappa shape index (κ1) is 25.5. The van der Waals surface area contributed by atoms with Gasteiger partial charge in [-0.3, -0.25) is 6.08 Å². The monoisotopic (exact) mass is 519 g/mol. The van der Waals surface area contributed by atoms with E-state index in [4.69, 9.17) is 0 Å². The number of fused-ring (bicyclic) bond motifs is 2. The average Bonchev–Trinajstić information content (AvgIpc) is 3.37. The van der Waals surface area contributed by atoms with Crippen molar-refractivity contribution in [2.75, 3.05) is 0 Å². The van der Waals surface area contributed by atoms with Gasteiger partial charge in [0, 0.05) is 10.2 Å². The van der Waals surface area contributed by atoms with Crippen LogP contribution in [0.5, 0.6) is 0 Å². The van der Waals surface area contributed by atoms with Gasteiger partial charge in [0.15, 0.2) is 0 Å². The molecule has 0 fully saturated rings. The van der Waals surface area contributed by atoms with Crippen LogP contribution in [-0.2, 0) is 26.2 Å². The topological polar surface area (TPSA) is 0 Å². The zero-order chi connectivity index (χ0) is 17.2. The summed E-state index contributed by atoms with van der Waals surface area (Å²) < 4.78 is 0. The van der Waals surface area contributed by atoms with Crippen molar-refractivity contribution in [2.45, 2.75) is 26.2 Å². The minimum atomic E-state index is 0. The summed E-state index contributed by atoms with van der Waals surface area (Å²) in [6.07, 6.45) is 15.6. The van der Waals surface area contributed by atoms with Crippen LogP contribution < -0.4 is 24.8 Å². The van der Waals surface area contributed by atoms with E-state index >= 15 is 0 Å². The van der Waals surface area contributed by atoms with E-state index < -0.39 is 0 Å². The maximum atomic E-state index is 3.44. The molecule has 2 aliphatic carbocycles. The minimum Gasteiger partial charge on any atom is -1.00 e. The van der Waals surface area contributed by atoms with Crippen LogP contribution in [0.2, 0.25) is 0 Å². The molecule has 1 atom stereocenters. The fraction of sp³-hybridized carbons (Fsp3) is 0.174. The minimum absolute atomic E-state index is 0. The number of thiophene rings is 1. The summed E-state index contributed by atoms with van der Waals surface area (Å²) in [5.41, 5.74) is 4.13. The van der Waals surface area contributed by atoms with Crippen molar-refractivity contribution in [3.05, 3.63) is 98.5 Å². The Morgan fingerprint density at radius 2 is 1.89 bits per heavy atom. The second-order valence-corrected chi connectivity index (χ2v) is 8.89. The first-order chi connectivity index (χ1) is 12.2. The summed E-state index contributed by atoms with van der Waals surface area (Å²) in [7, 11) is 1.43.